The summed E-state index contributed by atoms with van der Waals surface area (Å²) in [4.78, 5) is 10.1. The van der Waals surface area contributed by atoms with E-state index in [1.807, 2.05) is 13.8 Å². The first-order chi connectivity index (χ1) is 4.57. The summed E-state index contributed by atoms with van der Waals surface area (Å²) in [6.07, 6.45) is 0.374. The van der Waals surface area contributed by atoms with E-state index in [0.29, 0.717) is 6.42 Å². The molecule has 0 aromatic heterocycles. The molecule has 3 nitrogen and oxygen atoms in total. The van der Waals surface area contributed by atoms with Crippen molar-refractivity contribution in [2.24, 2.45) is 11.8 Å². The molecule has 1 unspecified atom stereocenters. The van der Waals surface area contributed by atoms with Crippen molar-refractivity contribution < 1.29 is 61.3 Å². The normalized spacial score (nSPS) is 11.5. The Bertz CT molecular complexity index is 162. The van der Waals surface area contributed by atoms with Crippen LogP contribution in [0.3, 0.4) is 0 Å². The number of carbonyl (C=O) groups excluding carboxylic acids is 1. The molecule has 56 valence electrons. The van der Waals surface area contributed by atoms with E-state index in [1.54, 1.807) is 6.07 Å². The molecule has 0 saturated heterocycles. The van der Waals surface area contributed by atoms with Crippen LogP contribution in [-0.4, -0.2) is 5.97 Å². The van der Waals surface area contributed by atoms with Crippen LogP contribution in [0.5, 0.6) is 0 Å². The van der Waals surface area contributed by atoms with Crippen molar-refractivity contribution in [1.82, 2.24) is 0 Å². The van der Waals surface area contributed by atoms with E-state index >= 15 is 0 Å². The predicted octanol–water partition coefficient (Wildman–Crippen LogP) is -3.07. The van der Waals surface area contributed by atoms with E-state index in [-0.39, 0.29) is 57.3 Å². The maximum Gasteiger partial charge on any atom is 1.00 e. The number of carboxylic acid groups (broad SMARTS) is 1. The molecule has 0 saturated carbocycles. The Morgan fingerprint density at radius 1 is 1.64 bits per heavy atom. The SMILES string of the molecule is CC(C)CC(C#N)C(=O)[O-].[K+]. The van der Waals surface area contributed by atoms with Crippen molar-refractivity contribution in [2.45, 2.75) is 20.3 Å². The Kier molecular flexibility index (Phi) is 9.33. The fourth-order valence-corrected chi connectivity index (χ4v) is 0.673. The molecular formula is C7H10KNO2. The molecule has 4 heteroatoms. The summed E-state index contributed by atoms with van der Waals surface area (Å²) in [6, 6.07) is 1.67. The first-order valence-corrected chi connectivity index (χ1v) is 3.18. The molecule has 1 atom stereocenters. The van der Waals surface area contributed by atoms with Gasteiger partial charge in [-0.15, -0.1) is 0 Å². The van der Waals surface area contributed by atoms with Gasteiger partial charge in [0.15, 0.2) is 0 Å². The summed E-state index contributed by atoms with van der Waals surface area (Å²) < 4.78 is 0. The predicted molar refractivity (Wildman–Crippen MR) is 33.6 cm³/mol. The van der Waals surface area contributed by atoms with E-state index in [0.717, 1.165) is 0 Å². The van der Waals surface area contributed by atoms with Crippen LogP contribution >= 0.6 is 0 Å². The number of rotatable bonds is 3. The van der Waals surface area contributed by atoms with Gasteiger partial charge < -0.3 is 9.90 Å². The summed E-state index contributed by atoms with van der Waals surface area (Å²) >= 11 is 0. The van der Waals surface area contributed by atoms with E-state index in [1.165, 1.54) is 0 Å². The third-order valence-electron chi connectivity index (χ3n) is 1.15. The van der Waals surface area contributed by atoms with Gasteiger partial charge in [0.25, 0.3) is 0 Å². The molecular weight excluding hydrogens is 169 g/mol. The fourth-order valence-electron chi connectivity index (χ4n) is 0.673. The van der Waals surface area contributed by atoms with Gasteiger partial charge in [0.1, 0.15) is 0 Å². The summed E-state index contributed by atoms with van der Waals surface area (Å²) in [5, 5.41) is 18.4. The summed E-state index contributed by atoms with van der Waals surface area (Å²) in [6.45, 7) is 3.74. The molecule has 0 aliphatic rings. The van der Waals surface area contributed by atoms with Gasteiger partial charge in [-0.3, -0.25) is 0 Å². The number of nitrogens with zero attached hydrogens (tertiary/aromatic N) is 1. The number of hydrogen-bond acceptors (Lipinski definition) is 3. The smallest absolute Gasteiger partial charge is 0.549 e. The topological polar surface area (TPSA) is 63.9 Å². The largest absolute Gasteiger partial charge is 1.00 e. The first-order valence-electron chi connectivity index (χ1n) is 3.18. The first kappa shape index (κ1) is 14.1. The average molecular weight is 179 g/mol. The van der Waals surface area contributed by atoms with Crippen molar-refractivity contribution >= 4 is 5.97 Å². The number of carboxylic acids is 1. The van der Waals surface area contributed by atoms with Crippen LogP contribution in [0.25, 0.3) is 0 Å². The van der Waals surface area contributed by atoms with Gasteiger partial charge in [0, 0.05) is 0 Å². The summed E-state index contributed by atoms with van der Waals surface area (Å²) in [5.74, 6) is -1.99. The van der Waals surface area contributed by atoms with Crippen molar-refractivity contribution in [3.8, 4) is 6.07 Å². The van der Waals surface area contributed by atoms with Crippen molar-refractivity contribution in [3.63, 3.8) is 0 Å². The van der Waals surface area contributed by atoms with Crippen LogP contribution < -0.4 is 56.5 Å². The van der Waals surface area contributed by atoms with Gasteiger partial charge in [-0.25, -0.2) is 0 Å². The molecule has 0 rings (SSSR count). The zero-order valence-electron chi connectivity index (χ0n) is 7.13. The molecule has 0 amide bonds. The van der Waals surface area contributed by atoms with E-state index in [4.69, 9.17) is 5.26 Å². The molecule has 0 N–H and O–H groups in total. The second kappa shape index (κ2) is 7.26. The van der Waals surface area contributed by atoms with Gasteiger partial charge in [-0.05, 0) is 12.3 Å². The van der Waals surface area contributed by atoms with Crippen molar-refractivity contribution in [1.29, 1.82) is 5.26 Å². The quantitative estimate of drug-likeness (QED) is 0.432. The number of nitriles is 1. The van der Waals surface area contributed by atoms with Crippen molar-refractivity contribution in [3.05, 3.63) is 0 Å². The molecule has 0 heterocycles. The Morgan fingerprint density at radius 3 is 2.18 bits per heavy atom. The van der Waals surface area contributed by atoms with Gasteiger partial charge in [0.2, 0.25) is 0 Å². The molecule has 0 aliphatic carbocycles. The third-order valence-corrected chi connectivity index (χ3v) is 1.15. The maximum absolute atomic E-state index is 10.1. The van der Waals surface area contributed by atoms with Gasteiger partial charge >= 0.3 is 51.4 Å². The minimum atomic E-state index is -1.27. The molecule has 0 aliphatic heterocycles. The number of aliphatic carboxylic acids is 1. The second-order valence-electron chi connectivity index (χ2n) is 2.63. The molecule has 0 spiro atoms. The van der Waals surface area contributed by atoms with E-state index in [2.05, 4.69) is 0 Å². The average Bonchev–Trinajstić information content (AvgIpc) is 1.81. The van der Waals surface area contributed by atoms with E-state index < -0.39 is 11.9 Å². The zero-order valence-corrected chi connectivity index (χ0v) is 10.2. The van der Waals surface area contributed by atoms with Gasteiger partial charge in [0.05, 0.1) is 18.0 Å². The molecule has 0 aromatic carbocycles. The standard InChI is InChI=1S/C7H11NO2.K/c1-5(2)3-6(4-8)7(9)10;/h5-6H,3H2,1-2H3,(H,9,10);/q;+1/p-1. The Hall–Kier alpha value is 0.596. The summed E-state index contributed by atoms with van der Waals surface area (Å²) in [5.41, 5.74) is 0. The monoisotopic (exact) mass is 179 g/mol. The Morgan fingerprint density at radius 2 is 2.09 bits per heavy atom. The third kappa shape index (κ3) is 6.97. The molecule has 0 bridgehead atoms. The van der Waals surface area contributed by atoms with Crippen LogP contribution in [0, 0.1) is 23.2 Å². The minimum absolute atomic E-state index is 0. The second-order valence-corrected chi connectivity index (χ2v) is 2.63. The molecule has 0 aromatic rings. The van der Waals surface area contributed by atoms with Gasteiger partial charge in [-0.2, -0.15) is 5.26 Å². The van der Waals surface area contributed by atoms with Crippen LogP contribution in [0.4, 0.5) is 0 Å². The Labute approximate surface area is 109 Å². The number of hydrogen-bond donors (Lipinski definition) is 0. The number of carbonyl (C=O) groups is 1. The van der Waals surface area contributed by atoms with E-state index in [9.17, 15) is 9.90 Å². The molecule has 0 fully saturated rings. The van der Waals surface area contributed by atoms with Crippen LogP contribution in [0.1, 0.15) is 20.3 Å². The fraction of sp³-hybridized carbons (Fsp3) is 0.714. The summed E-state index contributed by atoms with van der Waals surface area (Å²) in [7, 11) is 0. The van der Waals surface area contributed by atoms with Crippen LogP contribution in [-0.2, 0) is 4.79 Å². The minimum Gasteiger partial charge on any atom is -0.549 e. The van der Waals surface area contributed by atoms with Gasteiger partial charge in [-0.1, -0.05) is 13.8 Å². The maximum atomic E-state index is 10.1. The molecule has 0 radical (unpaired) electrons. The zero-order chi connectivity index (χ0) is 8.15. The molecule has 11 heavy (non-hydrogen) atoms. The Balaban J connectivity index is 0. The van der Waals surface area contributed by atoms with Crippen LogP contribution in [0.2, 0.25) is 0 Å². The van der Waals surface area contributed by atoms with Crippen LogP contribution in [0.15, 0.2) is 0 Å². The van der Waals surface area contributed by atoms with Crippen molar-refractivity contribution in [2.75, 3.05) is 0 Å².